The number of hydrogen-bond acceptors (Lipinski definition) is 2. The highest BCUT2D eigenvalue weighted by atomic mass is 16.1. The van der Waals surface area contributed by atoms with E-state index in [0.717, 1.165) is 23.4 Å². The number of hydrogen-bond donors (Lipinski definition) is 2. The molecule has 0 heterocycles. The molecule has 4 atom stereocenters. The van der Waals surface area contributed by atoms with E-state index in [-0.39, 0.29) is 5.91 Å². The molecule has 2 fully saturated rings. The smallest absolute Gasteiger partial charge is 0.238 e. The largest absolute Gasteiger partial charge is 0.325 e. The van der Waals surface area contributed by atoms with Crippen LogP contribution in [0.3, 0.4) is 0 Å². The predicted molar refractivity (Wildman–Crippen MR) is 86.2 cm³/mol. The highest BCUT2D eigenvalue weighted by Crippen LogP contribution is 2.49. The molecule has 0 radical (unpaired) electrons. The van der Waals surface area contributed by atoms with Crippen LogP contribution in [0.5, 0.6) is 0 Å². The van der Waals surface area contributed by atoms with Crippen LogP contribution in [0.4, 0.5) is 5.69 Å². The molecule has 114 valence electrons. The van der Waals surface area contributed by atoms with Gasteiger partial charge in [-0.2, -0.15) is 0 Å². The second-order valence-electron chi connectivity index (χ2n) is 6.92. The lowest BCUT2D eigenvalue weighted by Crippen LogP contribution is -2.40. The number of aryl methyl sites for hydroxylation is 1. The molecular formula is C18H26N2O. The van der Waals surface area contributed by atoms with E-state index < -0.39 is 0 Å². The maximum Gasteiger partial charge on any atom is 0.238 e. The van der Waals surface area contributed by atoms with E-state index in [1.165, 1.54) is 31.2 Å². The summed E-state index contributed by atoms with van der Waals surface area (Å²) in [4.78, 5) is 12.0. The van der Waals surface area contributed by atoms with E-state index in [2.05, 4.69) is 17.6 Å². The summed E-state index contributed by atoms with van der Waals surface area (Å²) in [6.45, 7) is 4.69. The first kappa shape index (κ1) is 14.6. The maximum absolute atomic E-state index is 12.0. The molecule has 0 aliphatic heterocycles. The van der Waals surface area contributed by atoms with E-state index >= 15 is 0 Å². The van der Waals surface area contributed by atoms with E-state index in [4.69, 9.17) is 0 Å². The average Bonchev–Trinajstić information content (AvgIpc) is 3.10. The van der Waals surface area contributed by atoms with Crippen molar-refractivity contribution in [1.29, 1.82) is 0 Å². The molecule has 0 saturated heterocycles. The maximum atomic E-state index is 12.0. The fourth-order valence-electron chi connectivity index (χ4n) is 4.15. The molecule has 1 aromatic rings. The molecular weight excluding hydrogens is 260 g/mol. The van der Waals surface area contributed by atoms with Crippen molar-refractivity contribution < 1.29 is 4.79 Å². The normalized spacial score (nSPS) is 28.6. The Morgan fingerprint density at radius 1 is 1.24 bits per heavy atom. The number of amides is 1. The van der Waals surface area contributed by atoms with Crippen LogP contribution in [0, 0.1) is 24.7 Å². The van der Waals surface area contributed by atoms with Gasteiger partial charge in [-0.3, -0.25) is 4.79 Å². The topological polar surface area (TPSA) is 41.1 Å². The second-order valence-corrected chi connectivity index (χ2v) is 6.92. The Morgan fingerprint density at radius 2 is 2.00 bits per heavy atom. The Morgan fingerprint density at radius 3 is 2.62 bits per heavy atom. The molecule has 2 aliphatic rings. The van der Waals surface area contributed by atoms with Crippen molar-refractivity contribution in [3.8, 4) is 0 Å². The van der Waals surface area contributed by atoms with Gasteiger partial charge in [0.15, 0.2) is 0 Å². The minimum Gasteiger partial charge on any atom is -0.325 e. The fourth-order valence-corrected chi connectivity index (χ4v) is 4.15. The highest BCUT2D eigenvalue weighted by molar-refractivity contribution is 5.92. The third kappa shape index (κ3) is 3.46. The number of fused-ring (bicyclic) bond motifs is 2. The molecule has 21 heavy (non-hydrogen) atoms. The number of carbonyl (C=O) groups excluding carboxylic acids is 1. The summed E-state index contributed by atoms with van der Waals surface area (Å²) in [7, 11) is 0. The van der Waals surface area contributed by atoms with E-state index in [9.17, 15) is 4.79 Å². The van der Waals surface area contributed by atoms with Crippen LogP contribution in [0.15, 0.2) is 24.3 Å². The van der Waals surface area contributed by atoms with Gasteiger partial charge in [0.1, 0.15) is 0 Å². The third-order valence-electron chi connectivity index (χ3n) is 5.35. The zero-order valence-corrected chi connectivity index (χ0v) is 13.1. The number of anilines is 1. The summed E-state index contributed by atoms with van der Waals surface area (Å²) in [5.41, 5.74) is 2.08. The minimum absolute atomic E-state index is 0.0499. The minimum atomic E-state index is 0.0499. The van der Waals surface area contributed by atoms with Crippen LogP contribution in [0.2, 0.25) is 0 Å². The Labute approximate surface area is 127 Å². The van der Waals surface area contributed by atoms with Crippen molar-refractivity contribution >= 4 is 11.6 Å². The highest BCUT2D eigenvalue weighted by Gasteiger charge is 2.41. The molecule has 2 saturated carbocycles. The van der Waals surface area contributed by atoms with Gasteiger partial charge in [-0.25, -0.2) is 0 Å². The van der Waals surface area contributed by atoms with Gasteiger partial charge >= 0.3 is 0 Å². The van der Waals surface area contributed by atoms with Gasteiger partial charge in [0.25, 0.3) is 0 Å². The quantitative estimate of drug-likeness (QED) is 0.871. The van der Waals surface area contributed by atoms with E-state index in [0.29, 0.717) is 12.6 Å². The summed E-state index contributed by atoms with van der Waals surface area (Å²) in [5, 5.41) is 6.38. The first-order chi connectivity index (χ1) is 10.1. The first-order valence-electron chi connectivity index (χ1n) is 8.21. The van der Waals surface area contributed by atoms with Crippen molar-refractivity contribution in [2.45, 2.75) is 45.6 Å². The molecule has 3 rings (SSSR count). The molecule has 3 heteroatoms. The molecule has 2 N–H and O–H groups in total. The molecule has 3 nitrogen and oxygen atoms in total. The van der Waals surface area contributed by atoms with Crippen LogP contribution in [-0.4, -0.2) is 18.5 Å². The molecule has 0 aromatic heterocycles. The van der Waals surface area contributed by atoms with Crippen LogP contribution >= 0.6 is 0 Å². The number of benzene rings is 1. The van der Waals surface area contributed by atoms with Crippen molar-refractivity contribution in [2.24, 2.45) is 17.8 Å². The summed E-state index contributed by atoms with van der Waals surface area (Å²) in [6.07, 6.45) is 5.61. The summed E-state index contributed by atoms with van der Waals surface area (Å²) in [6, 6.07) is 8.38. The van der Waals surface area contributed by atoms with Crippen LogP contribution in [0.1, 0.15) is 38.2 Å². The summed E-state index contributed by atoms with van der Waals surface area (Å²) >= 11 is 0. The van der Waals surface area contributed by atoms with Crippen molar-refractivity contribution in [3.05, 3.63) is 29.8 Å². The Balaban J connectivity index is 1.44. The van der Waals surface area contributed by atoms with Crippen molar-refractivity contribution in [3.63, 3.8) is 0 Å². The molecule has 0 spiro atoms. The third-order valence-corrected chi connectivity index (χ3v) is 5.35. The Bertz CT molecular complexity index is 496. The molecule has 1 amide bonds. The van der Waals surface area contributed by atoms with Gasteiger partial charge in [0.05, 0.1) is 6.54 Å². The van der Waals surface area contributed by atoms with Crippen molar-refractivity contribution in [1.82, 2.24) is 5.32 Å². The van der Waals surface area contributed by atoms with Crippen LogP contribution in [-0.2, 0) is 4.79 Å². The zero-order valence-electron chi connectivity index (χ0n) is 13.1. The molecule has 2 aliphatic carbocycles. The van der Waals surface area contributed by atoms with Gasteiger partial charge < -0.3 is 10.6 Å². The zero-order chi connectivity index (χ0) is 14.8. The SMILES string of the molecule is Cc1ccc(NC(=O)CNC(C)C2CC3CCC2C3)cc1. The Hall–Kier alpha value is -1.35. The van der Waals surface area contributed by atoms with Crippen LogP contribution < -0.4 is 10.6 Å². The lowest BCUT2D eigenvalue weighted by Gasteiger charge is -2.28. The lowest BCUT2D eigenvalue weighted by atomic mass is 9.84. The van der Waals surface area contributed by atoms with Crippen molar-refractivity contribution in [2.75, 3.05) is 11.9 Å². The lowest BCUT2D eigenvalue weighted by molar-refractivity contribution is -0.115. The van der Waals surface area contributed by atoms with E-state index in [1.807, 2.05) is 31.2 Å². The van der Waals surface area contributed by atoms with Crippen LogP contribution in [0.25, 0.3) is 0 Å². The monoisotopic (exact) mass is 286 g/mol. The number of carbonyl (C=O) groups is 1. The van der Waals surface area contributed by atoms with Gasteiger partial charge in [-0.15, -0.1) is 0 Å². The number of nitrogens with one attached hydrogen (secondary N) is 2. The molecule has 2 bridgehead atoms. The summed E-state index contributed by atoms with van der Waals surface area (Å²) < 4.78 is 0. The Kier molecular flexibility index (Phi) is 4.29. The first-order valence-corrected chi connectivity index (χ1v) is 8.21. The van der Waals surface area contributed by atoms with Gasteiger partial charge in [0.2, 0.25) is 5.91 Å². The standard InChI is InChI=1S/C18H26N2O/c1-12-3-7-16(8-4-12)20-18(21)11-19-13(2)17-10-14-5-6-15(17)9-14/h3-4,7-8,13-15,17,19H,5-6,9-11H2,1-2H3,(H,20,21). The molecule has 4 unspecified atom stereocenters. The molecule has 1 aromatic carbocycles. The van der Waals surface area contributed by atoms with Gasteiger partial charge in [-0.1, -0.05) is 24.1 Å². The van der Waals surface area contributed by atoms with Gasteiger partial charge in [-0.05, 0) is 63.0 Å². The fraction of sp³-hybridized carbons (Fsp3) is 0.611. The predicted octanol–water partition coefficient (Wildman–Crippen LogP) is 3.35. The summed E-state index contributed by atoms with van der Waals surface area (Å²) in [5.74, 6) is 2.69. The number of rotatable bonds is 5. The average molecular weight is 286 g/mol. The van der Waals surface area contributed by atoms with Gasteiger partial charge in [0, 0.05) is 11.7 Å². The van der Waals surface area contributed by atoms with E-state index in [1.54, 1.807) is 0 Å². The second kappa shape index (κ2) is 6.18.